The molecule has 60 heavy (non-hydrogen) atoms. The van der Waals surface area contributed by atoms with Crippen LogP contribution in [0.25, 0.3) is 16.3 Å². The normalized spacial score (nSPS) is 26.4. The molecule has 6 atom stereocenters. The molecule has 2 aromatic rings. The molecule has 5 aliphatic carbocycles. The van der Waals surface area contributed by atoms with E-state index < -0.39 is 34.7 Å². The molecule has 0 aromatic heterocycles. The summed E-state index contributed by atoms with van der Waals surface area (Å²) in [4.78, 5) is 69.2. The Balaban J connectivity index is 1.16. The lowest BCUT2D eigenvalue weighted by Gasteiger charge is -2.33. The van der Waals surface area contributed by atoms with Gasteiger partial charge >= 0.3 is 0 Å². The van der Waals surface area contributed by atoms with Crippen LogP contribution in [0.5, 0.6) is 11.5 Å². The molecule has 0 radical (unpaired) electrons. The average Bonchev–Trinajstić information content (AvgIpc) is 3.62. The van der Waals surface area contributed by atoms with E-state index in [1.165, 1.54) is 19.3 Å². The summed E-state index contributed by atoms with van der Waals surface area (Å²) in [5.74, 6) is 0.830. The van der Waals surface area contributed by atoms with Crippen molar-refractivity contribution >= 4 is 45.3 Å². The van der Waals surface area contributed by atoms with Crippen LogP contribution in [0.4, 0.5) is 0 Å². The Morgan fingerprint density at radius 1 is 0.883 bits per heavy atom. The van der Waals surface area contributed by atoms with Crippen molar-refractivity contribution in [2.45, 2.75) is 149 Å². The number of ether oxygens (including phenoxy) is 2. The van der Waals surface area contributed by atoms with E-state index in [2.05, 4.69) is 30.9 Å². The second-order valence-corrected chi connectivity index (χ2v) is 20.4. The van der Waals surface area contributed by atoms with Crippen LogP contribution in [-0.2, 0) is 24.0 Å². The standard InChI is InChI=1S/C53H68O7/c1-7-40-31-53(40,33(2)54)32-49(57)46-29-44(30-47(46)51(58)48(52(3,4)5)28-42(56)23-34-13-9-8-10-14-34)60-50-27-38(25-39-26-43(59-6)19-20-45(39)50)37-18-17-36(21-37)24-41(55)22-35-15-11-12-16-35/h7,18-21,25-27,34-35,40,44,46-48H,1,8-17,22-24,28-32H2,2-6H3. The third kappa shape index (κ3) is 9.97. The Morgan fingerprint density at radius 2 is 1.55 bits per heavy atom. The third-order valence-corrected chi connectivity index (χ3v) is 15.1. The minimum atomic E-state index is -0.753. The number of carbonyl (C=O) groups is 5. The lowest BCUT2D eigenvalue weighted by Crippen LogP contribution is -2.38. The second kappa shape index (κ2) is 18.5. The molecule has 7 nitrogen and oxygen atoms in total. The molecule has 0 amide bonds. The third-order valence-electron chi connectivity index (χ3n) is 15.1. The van der Waals surface area contributed by atoms with Gasteiger partial charge in [0.05, 0.1) is 7.11 Å². The number of allylic oxidation sites excluding steroid dienone is 5. The maximum absolute atomic E-state index is 15.0. The molecule has 7 heteroatoms. The molecule has 4 saturated carbocycles. The number of ketones is 5. The molecule has 0 spiro atoms. The van der Waals surface area contributed by atoms with Crippen LogP contribution in [0.2, 0.25) is 0 Å². The summed E-state index contributed by atoms with van der Waals surface area (Å²) in [6.45, 7) is 11.6. The van der Waals surface area contributed by atoms with Gasteiger partial charge in [-0.05, 0) is 103 Å². The van der Waals surface area contributed by atoms with Crippen LogP contribution in [0.15, 0.2) is 60.7 Å². The number of Topliss-reactive ketones (excluding diaryl/α,β-unsaturated/α-hetero) is 5. The van der Waals surface area contributed by atoms with Crippen molar-refractivity contribution in [1.82, 2.24) is 0 Å². The Labute approximate surface area is 358 Å². The smallest absolute Gasteiger partial charge is 0.140 e. The molecule has 0 saturated heterocycles. The molecule has 0 N–H and O–H groups in total. The highest BCUT2D eigenvalue weighted by atomic mass is 16.5. The maximum Gasteiger partial charge on any atom is 0.140 e. The Bertz CT molecular complexity index is 2050. The van der Waals surface area contributed by atoms with Crippen molar-refractivity contribution < 1.29 is 33.4 Å². The molecule has 322 valence electrons. The van der Waals surface area contributed by atoms with Gasteiger partial charge in [-0.1, -0.05) is 102 Å². The fraction of sp³-hybridized carbons (Fsp3) is 0.604. The highest BCUT2D eigenvalue weighted by Gasteiger charge is 2.59. The quantitative estimate of drug-likeness (QED) is 0.130. The highest BCUT2D eigenvalue weighted by Crippen LogP contribution is 2.58. The molecule has 7 rings (SSSR count). The number of benzene rings is 2. The van der Waals surface area contributed by atoms with Gasteiger partial charge in [-0.3, -0.25) is 24.0 Å². The average molecular weight is 817 g/mol. The SMILES string of the molecule is C=CC1CC1(CC(=O)C1CC(Oc2cc(C3=CCC(CC(=O)CC4CCCC4)=C3)cc3cc(OC)ccc23)CC1C(=O)C(CC(=O)CC1CCCCC1)C(C)(C)C)C(C)=O. The highest BCUT2D eigenvalue weighted by molar-refractivity contribution is 5.98. The van der Waals surface area contributed by atoms with Gasteiger partial charge in [-0.15, -0.1) is 6.58 Å². The predicted octanol–water partition coefficient (Wildman–Crippen LogP) is 11.8. The molecular formula is C53H68O7. The van der Waals surface area contributed by atoms with E-state index in [0.717, 1.165) is 78.2 Å². The first-order chi connectivity index (χ1) is 28.7. The largest absolute Gasteiger partial charge is 0.497 e. The van der Waals surface area contributed by atoms with Crippen LogP contribution >= 0.6 is 0 Å². The van der Waals surface area contributed by atoms with E-state index in [4.69, 9.17) is 9.47 Å². The first kappa shape index (κ1) is 43.9. The number of rotatable bonds is 19. The van der Waals surface area contributed by atoms with Crippen LogP contribution in [-0.4, -0.2) is 42.1 Å². The Kier molecular flexibility index (Phi) is 13.5. The number of methoxy groups -OCH3 is 1. The fourth-order valence-electron chi connectivity index (χ4n) is 11.3. The number of hydrogen-bond acceptors (Lipinski definition) is 7. The minimum absolute atomic E-state index is 0.00869. The van der Waals surface area contributed by atoms with Crippen molar-refractivity contribution in [2.24, 2.45) is 46.3 Å². The van der Waals surface area contributed by atoms with E-state index in [1.54, 1.807) is 20.1 Å². The summed E-state index contributed by atoms with van der Waals surface area (Å²) in [5, 5.41) is 1.84. The van der Waals surface area contributed by atoms with Gasteiger partial charge in [0, 0.05) is 60.7 Å². The van der Waals surface area contributed by atoms with Gasteiger partial charge < -0.3 is 9.47 Å². The van der Waals surface area contributed by atoms with E-state index >= 15 is 0 Å². The molecule has 0 heterocycles. The number of hydrogen-bond donors (Lipinski definition) is 0. The van der Waals surface area contributed by atoms with Crippen molar-refractivity contribution in [3.05, 3.63) is 66.3 Å². The molecule has 0 bridgehead atoms. The first-order valence-corrected chi connectivity index (χ1v) is 23.1. The summed E-state index contributed by atoms with van der Waals surface area (Å²) in [6, 6.07) is 10.1. The number of fused-ring (bicyclic) bond motifs is 1. The van der Waals surface area contributed by atoms with Gasteiger partial charge in [0.1, 0.15) is 46.5 Å². The molecular weight excluding hydrogens is 749 g/mol. The van der Waals surface area contributed by atoms with Crippen LogP contribution in [0.3, 0.4) is 0 Å². The summed E-state index contributed by atoms with van der Waals surface area (Å²) in [5.41, 5.74) is 1.91. The summed E-state index contributed by atoms with van der Waals surface area (Å²) >= 11 is 0. The van der Waals surface area contributed by atoms with Gasteiger partial charge in [0.25, 0.3) is 0 Å². The Morgan fingerprint density at radius 3 is 2.18 bits per heavy atom. The monoisotopic (exact) mass is 816 g/mol. The molecule has 4 fully saturated rings. The van der Waals surface area contributed by atoms with Crippen molar-refractivity contribution in [1.29, 1.82) is 0 Å². The number of carbonyl (C=O) groups excluding carboxylic acids is 5. The molecule has 6 unspecified atom stereocenters. The van der Waals surface area contributed by atoms with E-state index in [9.17, 15) is 24.0 Å². The lowest BCUT2D eigenvalue weighted by atomic mass is 9.69. The van der Waals surface area contributed by atoms with Crippen molar-refractivity contribution in [3.63, 3.8) is 0 Å². The van der Waals surface area contributed by atoms with Crippen LogP contribution in [0.1, 0.15) is 149 Å². The van der Waals surface area contributed by atoms with Crippen molar-refractivity contribution in [2.75, 3.05) is 7.11 Å². The van der Waals surface area contributed by atoms with Gasteiger partial charge in [0.15, 0.2) is 0 Å². The maximum atomic E-state index is 15.0. The summed E-state index contributed by atoms with van der Waals surface area (Å²) in [6.07, 6.45) is 20.1. The first-order valence-electron chi connectivity index (χ1n) is 23.1. The van der Waals surface area contributed by atoms with Gasteiger partial charge in [-0.2, -0.15) is 0 Å². The molecule has 5 aliphatic rings. The lowest BCUT2D eigenvalue weighted by molar-refractivity contribution is -0.139. The fourth-order valence-corrected chi connectivity index (χ4v) is 11.3. The summed E-state index contributed by atoms with van der Waals surface area (Å²) < 4.78 is 12.6. The van der Waals surface area contributed by atoms with E-state index in [0.29, 0.717) is 61.9 Å². The van der Waals surface area contributed by atoms with Gasteiger partial charge in [0.2, 0.25) is 0 Å². The zero-order valence-corrected chi connectivity index (χ0v) is 37.0. The van der Waals surface area contributed by atoms with Crippen LogP contribution in [0, 0.1) is 46.3 Å². The van der Waals surface area contributed by atoms with E-state index in [1.807, 2.05) is 39.0 Å². The zero-order valence-electron chi connectivity index (χ0n) is 37.0. The Hall–Kier alpha value is -4.13. The topological polar surface area (TPSA) is 104 Å². The van der Waals surface area contributed by atoms with Crippen LogP contribution < -0.4 is 9.47 Å². The summed E-state index contributed by atoms with van der Waals surface area (Å²) in [7, 11) is 1.65. The predicted molar refractivity (Wildman–Crippen MR) is 238 cm³/mol. The molecule has 2 aromatic carbocycles. The second-order valence-electron chi connectivity index (χ2n) is 20.4. The minimum Gasteiger partial charge on any atom is -0.497 e. The van der Waals surface area contributed by atoms with Crippen molar-refractivity contribution in [3.8, 4) is 11.5 Å². The molecule has 0 aliphatic heterocycles. The van der Waals surface area contributed by atoms with Gasteiger partial charge in [-0.25, -0.2) is 0 Å². The zero-order chi connectivity index (χ0) is 42.8. The van der Waals surface area contributed by atoms with E-state index in [-0.39, 0.29) is 41.9 Å².